The fourth-order valence-corrected chi connectivity index (χ4v) is 3.23. The Bertz CT molecular complexity index is 1120. The molecule has 0 fully saturated rings. The molecule has 0 atom stereocenters. The number of hydrogen-bond donors (Lipinski definition) is 0. The normalized spacial score (nSPS) is 11.0. The fourth-order valence-electron chi connectivity index (χ4n) is 3.05. The molecule has 7 nitrogen and oxygen atoms in total. The summed E-state index contributed by atoms with van der Waals surface area (Å²) in [5.74, 6) is -0.387. The van der Waals surface area contributed by atoms with E-state index in [0.717, 1.165) is 22.6 Å². The third kappa shape index (κ3) is 4.20. The molecule has 3 rings (SSSR count). The number of benzene rings is 2. The zero-order valence-corrected chi connectivity index (χ0v) is 16.8. The summed E-state index contributed by atoms with van der Waals surface area (Å²) in [6, 6.07) is 13.5. The maximum atomic E-state index is 11.6. The predicted molar refractivity (Wildman–Crippen MR) is 112 cm³/mol. The highest BCUT2D eigenvalue weighted by Crippen LogP contribution is 2.29. The first-order chi connectivity index (χ1) is 13.8. The summed E-state index contributed by atoms with van der Waals surface area (Å²) in [6.45, 7) is 3.92. The van der Waals surface area contributed by atoms with Crippen LogP contribution in [0.15, 0.2) is 53.5 Å². The number of nitro benzene ring substituents is 1. The summed E-state index contributed by atoms with van der Waals surface area (Å²) in [5.41, 5.74) is 4.43. The Morgan fingerprint density at radius 3 is 2.48 bits per heavy atom. The van der Waals surface area contributed by atoms with Crippen molar-refractivity contribution in [3.8, 4) is 5.69 Å². The van der Waals surface area contributed by atoms with Gasteiger partial charge >= 0.3 is 5.97 Å². The van der Waals surface area contributed by atoms with Crippen LogP contribution in [-0.4, -0.2) is 28.8 Å². The number of carbonyl (C=O) groups is 1. The van der Waals surface area contributed by atoms with Crippen LogP contribution in [0.4, 0.5) is 11.4 Å². The van der Waals surface area contributed by atoms with E-state index in [2.05, 4.69) is 4.99 Å². The van der Waals surface area contributed by atoms with Crippen LogP contribution in [0.3, 0.4) is 0 Å². The van der Waals surface area contributed by atoms with Crippen molar-refractivity contribution in [2.75, 3.05) is 7.11 Å². The van der Waals surface area contributed by atoms with Gasteiger partial charge in [0, 0.05) is 34.9 Å². The Hall–Kier alpha value is -3.45. The van der Waals surface area contributed by atoms with Gasteiger partial charge in [-0.05, 0) is 56.3 Å². The number of aryl methyl sites for hydroxylation is 1. The highest BCUT2D eigenvalue weighted by molar-refractivity contribution is 6.32. The van der Waals surface area contributed by atoms with Gasteiger partial charge in [-0.3, -0.25) is 15.1 Å². The molecule has 0 aliphatic heterocycles. The van der Waals surface area contributed by atoms with E-state index in [4.69, 9.17) is 16.3 Å². The summed E-state index contributed by atoms with van der Waals surface area (Å²) >= 11 is 5.84. The lowest BCUT2D eigenvalue weighted by atomic mass is 10.2. The average molecular weight is 412 g/mol. The van der Waals surface area contributed by atoms with Gasteiger partial charge in [0.15, 0.2) is 0 Å². The second-order valence-electron chi connectivity index (χ2n) is 6.35. The molecular weight excluding hydrogens is 394 g/mol. The number of aromatic nitrogens is 1. The molecule has 0 unspecified atom stereocenters. The van der Waals surface area contributed by atoms with E-state index in [-0.39, 0.29) is 16.7 Å². The molecule has 0 amide bonds. The van der Waals surface area contributed by atoms with Crippen molar-refractivity contribution in [3.63, 3.8) is 0 Å². The molecule has 0 spiro atoms. The van der Waals surface area contributed by atoms with Crippen molar-refractivity contribution >= 4 is 35.2 Å². The van der Waals surface area contributed by atoms with Crippen LogP contribution in [0.5, 0.6) is 0 Å². The lowest BCUT2D eigenvalue weighted by Gasteiger charge is -2.10. The lowest BCUT2D eigenvalue weighted by Crippen LogP contribution is -2.03. The molecule has 2 aromatic carbocycles. The van der Waals surface area contributed by atoms with Crippen molar-refractivity contribution in [1.29, 1.82) is 0 Å². The van der Waals surface area contributed by atoms with E-state index in [1.54, 1.807) is 24.4 Å². The molecule has 8 heteroatoms. The van der Waals surface area contributed by atoms with Crippen molar-refractivity contribution < 1.29 is 14.5 Å². The molecule has 148 valence electrons. The Balaban J connectivity index is 1.92. The van der Waals surface area contributed by atoms with E-state index < -0.39 is 4.92 Å². The van der Waals surface area contributed by atoms with Gasteiger partial charge in [-0.1, -0.05) is 11.6 Å². The topological polar surface area (TPSA) is 86.7 Å². The molecule has 1 heterocycles. The lowest BCUT2D eigenvalue weighted by molar-refractivity contribution is -0.384. The van der Waals surface area contributed by atoms with Crippen molar-refractivity contribution in [2.45, 2.75) is 13.8 Å². The van der Waals surface area contributed by atoms with Gasteiger partial charge in [0.2, 0.25) is 0 Å². The standard InChI is InChI=1S/C21H18ClN3O4/c1-13-10-16(12-23-17-6-9-19(22)20(11-17)25(27)28)14(2)24(13)18-7-4-15(5-8-18)21(26)29-3/h4-12H,1-3H3. The number of nitrogens with zero attached hydrogens (tertiary/aromatic N) is 3. The highest BCUT2D eigenvalue weighted by Gasteiger charge is 2.13. The second-order valence-corrected chi connectivity index (χ2v) is 6.76. The number of ether oxygens (including phenoxy) is 1. The van der Waals surface area contributed by atoms with Crippen LogP contribution in [0.25, 0.3) is 5.69 Å². The quantitative estimate of drug-likeness (QED) is 0.250. The number of halogens is 1. The van der Waals surface area contributed by atoms with E-state index >= 15 is 0 Å². The van der Waals surface area contributed by atoms with Crippen molar-refractivity contribution in [2.24, 2.45) is 4.99 Å². The van der Waals surface area contributed by atoms with Gasteiger partial charge in [-0.25, -0.2) is 4.79 Å². The summed E-state index contributed by atoms with van der Waals surface area (Å²) in [5, 5.41) is 11.1. The minimum absolute atomic E-state index is 0.0718. The third-order valence-corrected chi connectivity index (χ3v) is 4.82. The van der Waals surface area contributed by atoms with Crippen LogP contribution in [-0.2, 0) is 4.74 Å². The molecule has 0 saturated heterocycles. The Kier molecular flexibility index (Phi) is 5.79. The molecule has 1 aromatic heterocycles. The smallest absolute Gasteiger partial charge is 0.337 e. The molecule has 3 aromatic rings. The monoisotopic (exact) mass is 411 g/mol. The summed E-state index contributed by atoms with van der Waals surface area (Å²) in [4.78, 5) is 26.5. The van der Waals surface area contributed by atoms with Crippen molar-refractivity contribution in [1.82, 2.24) is 4.57 Å². The number of carbonyl (C=O) groups excluding carboxylic acids is 1. The van der Waals surface area contributed by atoms with E-state index in [0.29, 0.717) is 11.3 Å². The van der Waals surface area contributed by atoms with E-state index in [9.17, 15) is 14.9 Å². The van der Waals surface area contributed by atoms with Gasteiger partial charge in [0.1, 0.15) is 5.02 Å². The molecule has 0 aliphatic carbocycles. The molecular formula is C21H18ClN3O4. The van der Waals surface area contributed by atoms with Crippen LogP contribution in [0, 0.1) is 24.0 Å². The minimum Gasteiger partial charge on any atom is -0.465 e. The van der Waals surface area contributed by atoms with Gasteiger partial charge in [-0.15, -0.1) is 0 Å². The van der Waals surface area contributed by atoms with Crippen molar-refractivity contribution in [3.05, 3.63) is 86.2 Å². The Labute approximate surface area is 172 Å². The summed E-state index contributed by atoms with van der Waals surface area (Å²) in [7, 11) is 1.34. The fraction of sp³-hybridized carbons (Fsp3) is 0.143. The van der Waals surface area contributed by atoms with Gasteiger partial charge in [-0.2, -0.15) is 0 Å². The number of nitro groups is 1. The number of esters is 1. The SMILES string of the molecule is COC(=O)c1ccc(-n2c(C)cc(C=Nc3ccc(Cl)c([N+](=O)[O-])c3)c2C)cc1. The van der Waals surface area contributed by atoms with Gasteiger partial charge in [0.25, 0.3) is 5.69 Å². The molecule has 0 saturated carbocycles. The van der Waals surface area contributed by atoms with E-state index in [1.807, 2.05) is 36.6 Å². The minimum atomic E-state index is -0.536. The first-order valence-electron chi connectivity index (χ1n) is 8.67. The molecule has 0 radical (unpaired) electrons. The zero-order chi connectivity index (χ0) is 21.1. The predicted octanol–water partition coefficient (Wildman–Crippen LogP) is 5.19. The highest BCUT2D eigenvalue weighted by atomic mass is 35.5. The Morgan fingerprint density at radius 2 is 1.86 bits per heavy atom. The van der Waals surface area contributed by atoms with Crippen LogP contribution < -0.4 is 0 Å². The molecule has 0 N–H and O–H groups in total. The number of methoxy groups -OCH3 is 1. The summed E-state index contributed by atoms with van der Waals surface area (Å²) in [6.07, 6.45) is 1.66. The van der Waals surface area contributed by atoms with Crippen LogP contribution >= 0.6 is 11.6 Å². The Morgan fingerprint density at radius 1 is 1.17 bits per heavy atom. The van der Waals surface area contributed by atoms with E-state index in [1.165, 1.54) is 19.2 Å². The number of hydrogen-bond acceptors (Lipinski definition) is 5. The van der Waals surface area contributed by atoms with Gasteiger partial charge < -0.3 is 9.30 Å². The maximum absolute atomic E-state index is 11.6. The molecule has 29 heavy (non-hydrogen) atoms. The second kappa shape index (κ2) is 8.28. The average Bonchev–Trinajstić information content (AvgIpc) is 3.00. The molecule has 0 aliphatic rings. The number of rotatable bonds is 5. The first kappa shape index (κ1) is 20.3. The first-order valence-corrected chi connectivity index (χ1v) is 9.05. The third-order valence-electron chi connectivity index (χ3n) is 4.50. The van der Waals surface area contributed by atoms with Crippen LogP contribution in [0.1, 0.15) is 27.3 Å². The van der Waals surface area contributed by atoms with Crippen LogP contribution in [0.2, 0.25) is 5.02 Å². The number of aliphatic imine (C=N–C) groups is 1. The summed E-state index contributed by atoms with van der Waals surface area (Å²) < 4.78 is 6.76. The largest absolute Gasteiger partial charge is 0.465 e. The van der Waals surface area contributed by atoms with Gasteiger partial charge in [0.05, 0.1) is 23.3 Å². The maximum Gasteiger partial charge on any atom is 0.337 e. The zero-order valence-electron chi connectivity index (χ0n) is 16.0. The molecule has 0 bridgehead atoms.